The molecule has 0 aromatic heterocycles. The standard InChI is InChI=1S/C11H7ClO3/c13-11(15-12-14)10-7-3-5-8-4-1-2-6-9(8)10/h1-7H. The van der Waals surface area contributed by atoms with Crippen molar-refractivity contribution < 1.29 is 25.1 Å². The first-order valence-corrected chi connectivity index (χ1v) is 4.91. The molecule has 0 radical (unpaired) electrons. The summed E-state index contributed by atoms with van der Waals surface area (Å²) < 4.78 is 14.4. The molecule has 76 valence electrons. The Labute approximate surface area is 90.4 Å². The summed E-state index contributed by atoms with van der Waals surface area (Å²) in [6.45, 7) is 0. The molecule has 0 N–H and O–H groups in total. The average molecular weight is 223 g/mol. The van der Waals surface area contributed by atoms with Gasteiger partial charge >= 0.3 is 17.3 Å². The average Bonchev–Trinajstić information content (AvgIpc) is 2.28. The molecule has 0 saturated heterocycles. The van der Waals surface area contributed by atoms with Crippen molar-refractivity contribution in [2.45, 2.75) is 0 Å². The van der Waals surface area contributed by atoms with Crippen molar-refractivity contribution in [1.82, 2.24) is 0 Å². The highest BCUT2D eigenvalue weighted by Gasteiger charge is 2.15. The van der Waals surface area contributed by atoms with Gasteiger partial charge in [-0.15, -0.1) is 0 Å². The van der Waals surface area contributed by atoms with Gasteiger partial charge in [-0.2, -0.15) is 4.29 Å². The highest BCUT2D eigenvalue weighted by Crippen LogP contribution is 2.18. The van der Waals surface area contributed by atoms with E-state index in [-0.39, 0.29) is 11.3 Å². The summed E-state index contributed by atoms with van der Waals surface area (Å²) in [5, 5.41) is 1.72. The molecular weight excluding hydrogens is 216 g/mol. The Bertz CT molecular complexity index is 491. The number of carbonyl (C=O) groups is 1. The highest BCUT2D eigenvalue weighted by molar-refractivity contribution is 6.04. The number of fused-ring (bicyclic) bond motifs is 1. The molecule has 0 aliphatic rings. The largest absolute Gasteiger partial charge is 0.495 e. The fraction of sp³-hybridized carbons (Fsp3) is 0. The third-order valence-electron chi connectivity index (χ3n) is 2.11. The second-order valence-electron chi connectivity index (χ2n) is 2.95. The van der Waals surface area contributed by atoms with Gasteiger partial charge in [0.05, 0.1) is 5.56 Å². The number of carbonyl (C=O) groups excluding carboxylic acids is 1. The van der Waals surface area contributed by atoms with Crippen LogP contribution in [0.1, 0.15) is 10.4 Å². The maximum Gasteiger partial charge on any atom is 0.407 e. The van der Waals surface area contributed by atoms with Crippen LogP contribution in [0.5, 0.6) is 0 Å². The molecular formula is C11H7ClO3. The molecule has 3 nitrogen and oxygen atoms in total. The van der Waals surface area contributed by atoms with Gasteiger partial charge in [0, 0.05) is 0 Å². The van der Waals surface area contributed by atoms with Crippen molar-refractivity contribution >= 4 is 16.7 Å². The normalized spacial score (nSPS) is 10.2. The highest BCUT2D eigenvalue weighted by atomic mass is 35.6. The zero-order valence-electron chi connectivity index (χ0n) is 7.64. The third-order valence-corrected chi connectivity index (χ3v) is 2.31. The Morgan fingerprint density at radius 3 is 2.67 bits per heavy atom. The van der Waals surface area contributed by atoms with Crippen LogP contribution in [-0.4, -0.2) is 5.97 Å². The Balaban J connectivity index is 2.56. The van der Waals surface area contributed by atoms with Crippen molar-refractivity contribution in [1.29, 1.82) is 0 Å². The molecule has 0 fully saturated rings. The van der Waals surface area contributed by atoms with Gasteiger partial charge in [-0.25, -0.2) is 4.79 Å². The van der Waals surface area contributed by atoms with Gasteiger partial charge in [-0.1, -0.05) is 36.4 Å². The third kappa shape index (κ3) is 1.93. The second kappa shape index (κ2) is 4.29. The summed E-state index contributed by atoms with van der Waals surface area (Å²) in [5.41, 5.74) is 0.399. The maximum absolute atomic E-state index is 11.4. The fourth-order valence-electron chi connectivity index (χ4n) is 1.47. The van der Waals surface area contributed by atoms with Gasteiger partial charge in [0.1, 0.15) is 0 Å². The van der Waals surface area contributed by atoms with Crippen molar-refractivity contribution in [2.24, 2.45) is 0 Å². The molecule has 0 amide bonds. The molecule has 0 heterocycles. The van der Waals surface area contributed by atoms with Crippen LogP contribution in [0, 0.1) is 11.3 Å². The molecule has 0 spiro atoms. The van der Waals surface area contributed by atoms with E-state index in [1.165, 1.54) is 0 Å². The zero-order chi connectivity index (χ0) is 10.7. The smallest absolute Gasteiger partial charge is 0.407 e. The molecule has 0 bridgehead atoms. The van der Waals surface area contributed by atoms with Gasteiger partial charge in [-0.05, 0) is 16.8 Å². The first-order valence-electron chi connectivity index (χ1n) is 4.29. The maximum atomic E-state index is 11.4. The van der Waals surface area contributed by atoms with E-state index in [1.807, 2.05) is 30.3 Å². The lowest BCUT2D eigenvalue weighted by atomic mass is 10.1. The van der Waals surface area contributed by atoms with Crippen LogP contribution in [0.3, 0.4) is 0 Å². The van der Waals surface area contributed by atoms with E-state index in [9.17, 15) is 9.45 Å². The van der Waals surface area contributed by atoms with Crippen molar-refractivity contribution in [2.75, 3.05) is 0 Å². The minimum atomic E-state index is -0.630. The Kier molecular flexibility index (Phi) is 2.85. The van der Waals surface area contributed by atoms with E-state index in [2.05, 4.69) is 4.29 Å². The van der Waals surface area contributed by atoms with Crippen LogP contribution < -0.4 is 4.66 Å². The predicted octanol–water partition coefficient (Wildman–Crippen LogP) is 1.27. The lowest BCUT2D eigenvalue weighted by Crippen LogP contribution is -2.11. The summed E-state index contributed by atoms with van der Waals surface area (Å²) in [4.78, 5) is 11.4. The number of rotatable bonds is 2. The predicted molar refractivity (Wildman–Crippen MR) is 49.4 cm³/mol. The summed E-state index contributed by atoms with van der Waals surface area (Å²) >= 11 is 0.253. The minimum Gasteiger partial charge on any atom is -0.495 e. The van der Waals surface area contributed by atoms with Gasteiger partial charge in [0.2, 0.25) is 0 Å². The molecule has 2 aromatic rings. The van der Waals surface area contributed by atoms with Gasteiger partial charge in [-0.3, -0.25) is 0 Å². The Morgan fingerprint density at radius 2 is 1.87 bits per heavy atom. The van der Waals surface area contributed by atoms with E-state index < -0.39 is 5.97 Å². The Hall–Kier alpha value is -1.58. The van der Waals surface area contributed by atoms with E-state index in [0.717, 1.165) is 10.8 Å². The van der Waals surface area contributed by atoms with E-state index in [1.54, 1.807) is 12.1 Å². The van der Waals surface area contributed by atoms with Crippen LogP contribution in [0.2, 0.25) is 0 Å². The quantitative estimate of drug-likeness (QED) is 0.769. The van der Waals surface area contributed by atoms with Gasteiger partial charge in [0.15, 0.2) is 0 Å². The molecule has 15 heavy (non-hydrogen) atoms. The molecule has 2 aromatic carbocycles. The first-order chi connectivity index (χ1) is 7.33. The van der Waals surface area contributed by atoms with Crippen LogP contribution in [-0.2, 0) is 4.29 Å². The number of hydrogen-bond acceptors (Lipinski definition) is 3. The van der Waals surface area contributed by atoms with Crippen molar-refractivity contribution in [3.63, 3.8) is 0 Å². The SMILES string of the molecule is O=C(O[Cl+][O-])c1cccc2ccccc12. The fourth-order valence-corrected chi connectivity index (χ4v) is 1.61. The van der Waals surface area contributed by atoms with Crippen LogP contribution in [0.4, 0.5) is 0 Å². The molecule has 0 unspecified atom stereocenters. The zero-order valence-corrected chi connectivity index (χ0v) is 8.40. The van der Waals surface area contributed by atoms with Crippen LogP contribution in [0.25, 0.3) is 10.8 Å². The lowest BCUT2D eigenvalue weighted by Gasteiger charge is -2.00. The molecule has 0 saturated carbocycles. The summed E-state index contributed by atoms with van der Waals surface area (Å²) in [5.74, 6) is -0.630. The summed E-state index contributed by atoms with van der Waals surface area (Å²) in [6, 6.07) is 12.7. The molecule has 0 aliphatic carbocycles. The molecule has 2 rings (SSSR count). The van der Waals surface area contributed by atoms with Gasteiger partial charge in [0.25, 0.3) is 0 Å². The summed E-state index contributed by atoms with van der Waals surface area (Å²) in [6.07, 6.45) is 0. The van der Waals surface area contributed by atoms with Gasteiger partial charge < -0.3 is 4.66 Å². The number of hydrogen-bond donors (Lipinski definition) is 0. The van der Waals surface area contributed by atoms with Crippen molar-refractivity contribution in [3.8, 4) is 0 Å². The topological polar surface area (TPSA) is 49.4 Å². The Morgan fingerprint density at radius 1 is 1.13 bits per heavy atom. The van der Waals surface area contributed by atoms with E-state index >= 15 is 0 Å². The molecule has 0 atom stereocenters. The van der Waals surface area contributed by atoms with Crippen LogP contribution in [0.15, 0.2) is 42.5 Å². The van der Waals surface area contributed by atoms with E-state index in [0.29, 0.717) is 5.56 Å². The molecule has 0 aliphatic heterocycles. The monoisotopic (exact) mass is 222 g/mol. The van der Waals surface area contributed by atoms with E-state index in [4.69, 9.17) is 0 Å². The number of halogens is 1. The lowest BCUT2D eigenvalue weighted by molar-refractivity contribution is -1.26. The number of benzene rings is 2. The van der Waals surface area contributed by atoms with Crippen LogP contribution >= 0.6 is 0 Å². The second-order valence-corrected chi connectivity index (χ2v) is 3.23. The van der Waals surface area contributed by atoms with Crippen molar-refractivity contribution in [3.05, 3.63) is 48.0 Å². The first kappa shape index (κ1) is 9.96. The summed E-state index contributed by atoms with van der Waals surface area (Å²) in [7, 11) is 0. The minimum absolute atomic E-state index is 0.253. The molecule has 4 heteroatoms.